The molecule has 12 heteroatoms. The predicted octanol–water partition coefficient (Wildman–Crippen LogP) is 2.88. The summed E-state index contributed by atoms with van der Waals surface area (Å²) in [7, 11) is -4.51. The molecule has 0 bridgehead atoms. The van der Waals surface area contributed by atoms with Crippen molar-refractivity contribution in [1.82, 2.24) is 0 Å². The second-order valence-electron chi connectivity index (χ2n) is 6.20. The Morgan fingerprint density at radius 2 is 1.77 bits per heavy atom. The number of sulfonamides is 1. The number of rotatable bonds is 8. The van der Waals surface area contributed by atoms with E-state index in [1.54, 1.807) is 6.92 Å². The molecule has 2 aromatic rings. The highest BCUT2D eigenvalue weighted by atomic mass is 32.2. The van der Waals surface area contributed by atoms with Crippen LogP contribution in [0.2, 0.25) is 0 Å². The van der Waals surface area contributed by atoms with Crippen molar-refractivity contribution in [3.8, 4) is 0 Å². The third-order valence-corrected chi connectivity index (χ3v) is 6.17. The standard InChI is InChI=1S/C18H19N3O8S/c1-4-29-18(22)11-19(15-6-5-7-16(13(15)3)21(25)26)30(27,28)17-10-14(20(23)24)9-8-12(17)2/h5-10H,4,11H2,1-3H3. The van der Waals surface area contributed by atoms with Crippen molar-refractivity contribution in [1.29, 1.82) is 0 Å². The maximum absolute atomic E-state index is 13.4. The van der Waals surface area contributed by atoms with E-state index in [9.17, 15) is 33.4 Å². The third kappa shape index (κ3) is 4.54. The molecule has 0 aliphatic rings. The fraction of sp³-hybridized carbons (Fsp3) is 0.278. The van der Waals surface area contributed by atoms with E-state index in [-0.39, 0.29) is 29.1 Å². The fourth-order valence-electron chi connectivity index (χ4n) is 2.80. The minimum atomic E-state index is -4.51. The number of non-ortho nitro benzene ring substituents is 1. The van der Waals surface area contributed by atoms with Gasteiger partial charge in [0.15, 0.2) is 0 Å². The summed E-state index contributed by atoms with van der Waals surface area (Å²) in [6.07, 6.45) is 0. The number of nitro groups is 2. The molecule has 30 heavy (non-hydrogen) atoms. The topological polar surface area (TPSA) is 150 Å². The van der Waals surface area contributed by atoms with Gasteiger partial charge in [-0.2, -0.15) is 0 Å². The lowest BCUT2D eigenvalue weighted by Crippen LogP contribution is -2.37. The maximum atomic E-state index is 13.4. The molecule has 2 rings (SSSR count). The average Bonchev–Trinajstić information content (AvgIpc) is 2.66. The van der Waals surface area contributed by atoms with E-state index in [1.165, 1.54) is 38.1 Å². The molecule has 0 spiro atoms. The summed E-state index contributed by atoms with van der Waals surface area (Å²) in [6.45, 7) is 3.57. The van der Waals surface area contributed by atoms with Gasteiger partial charge in [0.1, 0.15) is 6.54 Å². The number of ether oxygens (including phenoxy) is 1. The summed E-state index contributed by atoms with van der Waals surface area (Å²) in [4.78, 5) is 32.7. The molecule has 0 unspecified atom stereocenters. The molecule has 0 atom stereocenters. The first kappa shape index (κ1) is 22.7. The summed E-state index contributed by atoms with van der Waals surface area (Å²) in [6, 6.07) is 7.11. The first-order valence-corrected chi connectivity index (χ1v) is 10.1. The molecular formula is C18H19N3O8S. The van der Waals surface area contributed by atoms with Gasteiger partial charge in [-0.15, -0.1) is 0 Å². The molecule has 0 N–H and O–H groups in total. The molecule has 0 heterocycles. The zero-order chi connectivity index (χ0) is 22.6. The predicted molar refractivity (Wildman–Crippen MR) is 107 cm³/mol. The van der Waals surface area contributed by atoms with Crippen molar-refractivity contribution in [3.05, 3.63) is 67.8 Å². The second kappa shape index (κ2) is 8.86. The molecule has 0 aliphatic heterocycles. The Morgan fingerprint density at radius 3 is 2.33 bits per heavy atom. The van der Waals surface area contributed by atoms with Gasteiger partial charge >= 0.3 is 5.97 Å². The number of benzene rings is 2. The molecule has 0 fully saturated rings. The van der Waals surface area contributed by atoms with Crippen molar-refractivity contribution < 1.29 is 27.8 Å². The normalized spacial score (nSPS) is 11.0. The highest BCUT2D eigenvalue weighted by molar-refractivity contribution is 7.93. The van der Waals surface area contributed by atoms with Crippen molar-refractivity contribution in [2.24, 2.45) is 0 Å². The van der Waals surface area contributed by atoms with Crippen LogP contribution in [0.3, 0.4) is 0 Å². The van der Waals surface area contributed by atoms with Gasteiger partial charge in [0, 0.05) is 18.2 Å². The number of nitro benzene ring substituents is 2. The lowest BCUT2D eigenvalue weighted by atomic mass is 10.1. The van der Waals surface area contributed by atoms with E-state index < -0.39 is 43.0 Å². The summed E-state index contributed by atoms with van der Waals surface area (Å²) in [5, 5.41) is 22.4. The second-order valence-corrected chi connectivity index (χ2v) is 8.03. The number of anilines is 1. The Morgan fingerprint density at radius 1 is 1.10 bits per heavy atom. The highest BCUT2D eigenvalue weighted by Gasteiger charge is 2.32. The molecule has 0 aromatic heterocycles. The smallest absolute Gasteiger partial charge is 0.326 e. The quantitative estimate of drug-likeness (QED) is 0.347. The van der Waals surface area contributed by atoms with Crippen LogP contribution >= 0.6 is 0 Å². The van der Waals surface area contributed by atoms with Crippen molar-refractivity contribution >= 4 is 33.1 Å². The monoisotopic (exact) mass is 437 g/mol. The van der Waals surface area contributed by atoms with E-state index in [2.05, 4.69) is 0 Å². The van der Waals surface area contributed by atoms with Gasteiger partial charge in [-0.1, -0.05) is 12.1 Å². The van der Waals surface area contributed by atoms with Crippen LogP contribution in [0.25, 0.3) is 0 Å². The van der Waals surface area contributed by atoms with Gasteiger partial charge in [0.2, 0.25) is 0 Å². The Balaban J connectivity index is 2.74. The van der Waals surface area contributed by atoms with Crippen molar-refractivity contribution in [2.75, 3.05) is 17.5 Å². The molecule has 0 saturated carbocycles. The minimum Gasteiger partial charge on any atom is -0.465 e. The van der Waals surface area contributed by atoms with Crippen LogP contribution in [-0.2, 0) is 19.6 Å². The Hall–Kier alpha value is -3.54. The van der Waals surface area contributed by atoms with Gasteiger partial charge in [0.25, 0.3) is 21.4 Å². The van der Waals surface area contributed by atoms with Gasteiger partial charge in [-0.05, 0) is 32.4 Å². The molecular weight excluding hydrogens is 418 g/mol. The van der Waals surface area contributed by atoms with Gasteiger partial charge in [-0.25, -0.2) is 8.42 Å². The third-order valence-electron chi connectivity index (χ3n) is 4.27. The van der Waals surface area contributed by atoms with E-state index in [0.717, 1.165) is 12.1 Å². The number of carbonyl (C=O) groups is 1. The number of nitrogens with zero attached hydrogens (tertiary/aromatic N) is 3. The van der Waals surface area contributed by atoms with Crippen molar-refractivity contribution in [3.63, 3.8) is 0 Å². The molecule has 2 aromatic carbocycles. The molecule has 0 saturated heterocycles. The van der Waals surface area contributed by atoms with Crippen LogP contribution in [0, 0.1) is 34.1 Å². The number of aryl methyl sites for hydroxylation is 1. The van der Waals surface area contributed by atoms with Gasteiger partial charge in [0.05, 0.1) is 32.6 Å². The lowest BCUT2D eigenvalue weighted by Gasteiger charge is -2.25. The molecule has 11 nitrogen and oxygen atoms in total. The Labute approximate surface area is 172 Å². The van der Waals surface area contributed by atoms with Crippen LogP contribution in [0.5, 0.6) is 0 Å². The molecule has 160 valence electrons. The van der Waals surface area contributed by atoms with Crippen LogP contribution in [-0.4, -0.2) is 37.4 Å². The van der Waals surface area contributed by atoms with Gasteiger partial charge < -0.3 is 4.74 Å². The maximum Gasteiger partial charge on any atom is 0.326 e. The summed E-state index contributed by atoms with van der Waals surface area (Å²) in [5.74, 6) is -0.880. The van der Waals surface area contributed by atoms with Crippen LogP contribution in [0.1, 0.15) is 18.1 Å². The zero-order valence-corrected chi connectivity index (χ0v) is 17.2. The molecule has 0 amide bonds. The van der Waals surface area contributed by atoms with E-state index in [4.69, 9.17) is 4.74 Å². The number of carbonyl (C=O) groups excluding carboxylic acids is 1. The first-order valence-electron chi connectivity index (χ1n) is 8.68. The SMILES string of the molecule is CCOC(=O)CN(c1cccc([N+](=O)[O-])c1C)S(=O)(=O)c1cc([N+](=O)[O-])ccc1C. The van der Waals surface area contributed by atoms with E-state index in [1.807, 2.05) is 0 Å². The van der Waals surface area contributed by atoms with E-state index >= 15 is 0 Å². The summed E-state index contributed by atoms with van der Waals surface area (Å²) < 4.78 is 32.4. The average molecular weight is 437 g/mol. The number of esters is 1. The first-order chi connectivity index (χ1) is 14.0. The highest BCUT2D eigenvalue weighted by Crippen LogP contribution is 2.33. The lowest BCUT2D eigenvalue weighted by molar-refractivity contribution is -0.385. The minimum absolute atomic E-state index is 0.00349. The number of hydrogen-bond acceptors (Lipinski definition) is 8. The van der Waals surface area contributed by atoms with Crippen LogP contribution in [0.4, 0.5) is 17.1 Å². The van der Waals surface area contributed by atoms with Crippen LogP contribution < -0.4 is 4.31 Å². The molecule has 0 radical (unpaired) electrons. The van der Waals surface area contributed by atoms with E-state index in [0.29, 0.717) is 4.31 Å². The molecule has 0 aliphatic carbocycles. The number of hydrogen-bond donors (Lipinski definition) is 0. The van der Waals surface area contributed by atoms with Gasteiger partial charge in [-0.3, -0.25) is 29.3 Å². The summed E-state index contributed by atoms with van der Waals surface area (Å²) in [5.41, 5.74) is -0.683. The summed E-state index contributed by atoms with van der Waals surface area (Å²) >= 11 is 0. The zero-order valence-electron chi connectivity index (χ0n) is 16.4. The van der Waals surface area contributed by atoms with Crippen LogP contribution in [0.15, 0.2) is 41.3 Å². The fourth-order valence-corrected chi connectivity index (χ4v) is 4.52. The Kier molecular flexibility index (Phi) is 6.72. The van der Waals surface area contributed by atoms with Crippen molar-refractivity contribution in [2.45, 2.75) is 25.7 Å². The Bertz CT molecular complexity index is 1110. The largest absolute Gasteiger partial charge is 0.465 e.